The fourth-order valence-electron chi connectivity index (χ4n) is 4.54. The van der Waals surface area contributed by atoms with Crippen molar-refractivity contribution in [2.45, 2.75) is 76.4 Å². The second kappa shape index (κ2) is 7.31. The number of amides is 1. The molecule has 4 nitrogen and oxygen atoms in total. The summed E-state index contributed by atoms with van der Waals surface area (Å²) in [5.41, 5.74) is 0.117. The number of piperidine rings is 1. The lowest BCUT2D eigenvalue weighted by Gasteiger charge is -2.40. The number of nitrogens with zero attached hydrogens (tertiary/aromatic N) is 1. The standard InChI is InChI=1S/C18H32N2O2/c1-15(21)19-13-17-7-8-18(22-17)9-11-20(12-10-18)14-16-5-3-2-4-6-16/h16-17H,2-14H2,1H3,(H,19,21)/t17-/m1/s1. The van der Waals surface area contributed by atoms with Crippen LogP contribution in [0, 0.1) is 5.92 Å². The molecule has 1 N–H and O–H groups in total. The Morgan fingerprint density at radius 1 is 1.14 bits per heavy atom. The van der Waals surface area contributed by atoms with Crippen molar-refractivity contribution < 1.29 is 9.53 Å². The first kappa shape index (κ1) is 16.3. The van der Waals surface area contributed by atoms with Gasteiger partial charge in [0.2, 0.25) is 5.91 Å². The van der Waals surface area contributed by atoms with Gasteiger partial charge in [-0.25, -0.2) is 0 Å². The van der Waals surface area contributed by atoms with Gasteiger partial charge in [-0.2, -0.15) is 0 Å². The Labute approximate surface area is 135 Å². The van der Waals surface area contributed by atoms with Crippen molar-refractivity contribution >= 4 is 5.91 Å². The number of carbonyl (C=O) groups is 1. The molecule has 2 heterocycles. The zero-order valence-electron chi connectivity index (χ0n) is 14.1. The predicted octanol–water partition coefficient (Wildman–Crippen LogP) is 2.72. The molecule has 126 valence electrons. The van der Waals surface area contributed by atoms with Gasteiger partial charge in [0.05, 0.1) is 11.7 Å². The van der Waals surface area contributed by atoms with E-state index in [0.717, 1.165) is 12.3 Å². The quantitative estimate of drug-likeness (QED) is 0.868. The average Bonchev–Trinajstić information content (AvgIpc) is 2.92. The van der Waals surface area contributed by atoms with Crippen LogP contribution in [0.15, 0.2) is 0 Å². The highest BCUT2D eigenvalue weighted by Gasteiger charge is 2.42. The highest BCUT2D eigenvalue weighted by Crippen LogP contribution is 2.39. The number of rotatable bonds is 4. The lowest BCUT2D eigenvalue weighted by molar-refractivity contribution is -0.120. The molecule has 0 aromatic rings. The Bertz CT molecular complexity index is 371. The summed E-state index contributed by atoms with van der Waals surface area (Å²) < 4.78 is 6.34. The molecule has 0 unspecified atom stereocenters. The van der Waals surface area contributed by atoms with Gasteiger partial charge in [0.25, 0.3) is 0 Å². The van der Waals surface area contributed by atoms with Crippen molar-refractivity contribution in [3.63, 3.8) is 0 Å². The molecule has 1 spiro atoms. The summed E-state index contributed by atoms with van der Waals surface area (Å²) in [4.78, 5) is 13.7. The lowest BCUT2D eigenvalue weighted by Crippen LogP contribution is -2.46. The maximum absolute atomic E-state index is 11.0. The summed E-state index contributed by atoms with van der Waals surface area (Å²) in [7, 11) is 0. The fraction of sp³-hybridized carbons (Fsp3) is 0.944. The summed E-state index contributed by atoms with van der Waals surface area (Å²) in [5, 5.41) is 2.90. The van der Waals surface area contributed by atoms with E-state index in [0.29, 0.717) is 6.54 Å². The van der Waals surface area contributed by atoms with E-state index in [9.17, 15) is 4.79 Å². The molecule has 3 fully saturated rings. The third-order valence-corrected chi connectivity index (χ3v) is 5.93. The number of carbonyl (C=O) groups excluding carboxylic acids is 1. The summed E-state index contributed by atoms with van der Waals surface area (Å²) in [6.45, 7) is 5.97. The Kier molecular flexibility index (Phi) is 5.40. The Morgan fingerprint density at radius 3 is 2.55 bits per heavy atom. The maximum atomic E-state index is 11.0. The van der Waals surface area contributed by atoms with E-state index in [1.165, 1.54) is 71.0 Å². The molecular formula is C18H32N2O2. The normalized spacial score (nSPS) is 29.8. The molecular weight excluding hydrogens is 276 g/mol. The van der Waals surface area contributed by atoms with Crippen LogP contribution in [0.1, 0.15) is 64.7 Å². The number of ether oxygens (including phenoxy) is 1. The molecule has 2 saturated heterocycles. The van der Waals surface area contributed by atoms with Crippen molar-refractivity contribution in [1.29, 1.82) is 0 Å². The van der Waals surface area contributed by atoms with Gasteiger partial charge in [-0.1, -0.05) is 19.3 Å². The van der Waals surface area contributed by atoms with Crippen LogP contribution >= 0.6 is 0 Å². The van der Waals surface area contributed by atoms with E-state index in [1.54, 1.807) is 6.92 Å². The van der Waals surface area contributed by atoms with Gasteiger partial charge in [0, 0.05) is 33.1 Å². The molecule has 1 aliphatic carbocycles. The Balaban J connectivity index is 1.40. The van der Waals surface area contributed by atoms with Gasteiger partial charge in [-0.15, -0.1) is 0 Å². The molecule has 3 aliphatic rings. The van der Waals surface area contributed by atoms with Crippen molar-refractivity contribution in [3.8, 4) is 0 Å². The SMILES string of the molecule is CC(=O)NC[C@H]1CCC2(CCN(CC3CCCCC3)CC2)O1. The minimum atomic E-state index is 0.0480. The molecule has 0 bridgehead atoms. The first-order valence-corrected chi connectivity index (χ1v) is 9.30. The maximum Gasteiger partial charge on any atom is 0.216 e. The van der Waals surface area contributed by atoms with Gasteiger partial charge >= 0.3 is 0 Å². The van der Waals surface area contributed by atoms with Crippen LogP contribution in [-0.4, -0.2) is 48.7 Å². The zero-order chi connectivity index (χ0) is 15.4. The van der Waals surface area contributed by atoms with Gasteiger partial charge in [-0.05, 0) is 44.4 Å². The van der Waals surface area contributed by atoms with Crippen LogP contribution in [-0.2, 0) is 9.53 Å². The van der Waals surface area contributed by atoms with Crippen molar-refractivity contribution in [3.05, 3.63) is 0 Å². The van der Waals surface area contributed by atoms with Crippen LogP contribution < -0.4 is 5.32 Å². The second-order valence-corrected chi connectivity index (χ2v) is 7.70. The summed E-state index contributed by atoms with van der Waals surface area (Å²) in [6.07, 6.45) is 12.1. The highest BCUT2D eigenvalue weighted by atomic mass is 16.5. The lowest BCUT2D eigenvalue weighted by atomic mass is 9.86. The zero-order valence-corrected chi connectivity index (χ0v) is 14.1. The summed E-state index contributed by atoms with van der Waals surface area (Å²) in [5.74, 6) is 0.992. The molecule has 0 aromatic carbocycles. The van der Waals surface area contributed by atoms with Crippen LogP contribution in [0.2, 0.25) is 0 Å². The predicted molar refractivity (Wildman–Crippen MR) is 87.8 cm³/mol. The number of hydrogen-bond acceptors (Lipinski definition) is 3. The molecule has 4 heteroatoms. The van der Waals surface area contributed by atoms with E-state index in [-0.39, 0.29) is 17.6 Å². The largest absolute Gasteiger partial charge is 0.370 e. The van der Waals surface area contributed by atoms with Crippen molar-refractivity contribution in [1.82, 2.24) is 10.2 Å². The van der Waals surface area contributed by atoms with Crippen LogP contribution in [0.25, 0.3) is 0 Å². The number of nitrogens with one attached hydrogen (secondary N) is 1. The van der Waals surface area contributed by atoms with Crippen molar-refractivity contribution in [2.24, 2.45) is 5.92 Å². The molecule has 1 atom stereocenters. The van der Waals surface area contributed by atoms with E-state index in [1.807, 2.05) is 0 Å². The van der Waals surface area contributed by atoms with Crippen LogP contribution in [0.4, 0.5) is 0 Å². The van der Waals surface area contributed by atoms with E-state index < -0.39 is 0 Å². The summed E-state index contributed by atoms with van der Waals surface area (Å²) in [6, 6.07) is 0. The average molecular weight is 308 g/mol. The molecule has 1 saturated carbocycles. The third kappa shape index (κ3) is 4.23. The minimum absolute atomic E-state index is 0.0480. The topological polar surface area (TPSA) is 41.6 Å². The van der Waals surface area contributed by atoms with Gasteiger partial charge in [-0.3, -0.25) is 4.79 Å². The van der Waals surface area contributed by atoms with Crippen LogP contribution in [0.3, 0.4) is 0 Å². The van der Waals surface area contributed by atoms with E-state index in [2.05, 4.69) is 10.2 Å². The molecule has 0 radical (unpaired) electrons. The smallest absolute Gasteiger partial charge is 0.216 e. The molecule has 0 aromatic heterocycles. The monoisotopic (exact) mass is 308 g/mol. The third-order valence-electron chi connectivity index (χ3n) is 5.93. The Hall–Kier alpha value is -0.610. The highest BCUT2D eigenvalue weighted by molar-refractivity contribution is 5.72. The number of hydrogen-bond donors (Lipinski definition) is 1. The van der Waals surface area contributed by atoms with Crippen molar-refractivity contribution in [2.75, 3.05) is 26.2 Å². The first-order chi connectivity index (χ1) is 10.7. The second-order valence-electron chi connectivity index (χ2n) is 7.70. The Morgan fingerprint density at radius 2 is 1.86 bits per heavy atom. The molecule has 2 aliphatic heterocycles. The van der Waals surface area contributed by atoms with Gasteiger partial charge < -0.3 is 15.0 Å². The van der Waals surface area contributed by atoms with E-state index >= 15 is 0 Å². The first-order valence-electron chi connectivity index (χ1n) is 9.30. The minimum Gasteiger partial charge on any atom is -0.370 e. The van der Waals surface area contributed by atoms with Gasteiger partial charge in [0.15, 0.2) is 0 Å². The van der Waals surface area contributed by atoms with E-state index in [4.69, 9.17) is 4.74 Å². The van der Waals surface area contributed by atoms with Crippen LogP contribution in [0.5, 0.6) is 0 Å². The number of likely N-dealkylation sites (tertiary alicyclic amines) is 1. The summed E-state index contributed by atoms with van der Waals surface area (Å²) >= 11 is 0. The molecule has 1 amide bonds. The molecule has 3 rings (SSSR count). The fourth-order valence-corrected chi connectivity index (χ4v) is 4.54. The van der Waals surface area contributed by atoms with Gasteiger partial charge in [0.1, 0.15) is 0 Å². The molecule has 22 heavy (non-hydrogen) atoms.